The minimum atomic E-state index is 0.444. The van der Waals surface area contributed by atoms with Crippen LogP contribution in [0.3, 0.4) is 0 Å². The Labute approximate surface area is 117 Å². The highest BCUT2D eigenvalue weighted by molar-refractivity contribution is 4.92. The van der Waals surface area contributed by atoms with Crippen molar-refractivity contribution in [2.45, 2.75) is 38.1 Å². The van der Waals surface area contributed by atoms with Gasteiger partial charge in [0.1, 0.15) is 0 Å². The van der Waals surface area contributed by atoms with Crippen LogP contribution in [-0.4, -0.2) is 68.3 Å². The minimum absolute atomic E-state index is 0.444. The molecule has 3 rings (SSSR count). The quantitative estimate of drug-likeness (QED) is 0.822. The number of likely N-dealkylation sites (tertiary alicyclic amines) is 1. The maximum atomic E-state index is 6.07. The first-order valence-corrected chi connectivity index (χ1v) is 8.06. The average molecular weight is 267 g/mol. The van der Waals surface area contributed by atoms with Crippen LogP contribution in [-0.2, 0) is 4.74 Å². The first kappa shape index (κ1) is 13.8. The first-order valence-electron chi connectivity index (χ1n) is 8.06. The maximum absolute atomic E-state index is 6.07. The molecule has 1 saturated carbocycles. The Kier molecular flexibility index (Phi) is 4.42. The van der Waals surface area contributed by atoms with Crippen molar-refractivity contribution < 1.29 is 4.74 Å². The van der Waals surface area contributed by atoms with Crippen LogP contribution >= 0.6 is 0 Å². The van der Waals surface area contributed by atoms with Crippen molar-refractivity contribution in [2.75, 3.05) is 52.5 Å². The van der Waals surface area contributed by atoms with Gasteiger partial charge in [-0.05, 0) is 37.8 Å². The van der Waals surface area contributed by atoms with Crippen LogP contribution in [0, 0.1) is 5.41 Å². The second kappa shape index (κ2) is 6.08. The molecule has 4 nitrogen and oxygen atoms in total. The molecule has 0 spiro atoms. The molecule has 3 aliphatic rings. The fourth-order valence-electron chi connectivity index (χ4n) is 4.22. The number of nitrogens with two attached hydrogens (primary N) is 1. The van der Waals surface area contributed by atoms with Gasteiger partial charge >= 0.3 is 0 Å². The van der Waals surface area contributed by atoms with Crippen molar-refractivity contribution in [1.29, 1.82) is 0 Å². The van der Waals surface area contributed by atoms with Crippen LogP contribution in [0.4, 0.5) is 0 Å². The van der Waals surface area contributed by atoms with E-state index in [2.05, 4.69) is 9.80 Å². The number of nitrogens with zero attached hydrogens (tertiary/aromatic N) is 2. The molecule has 0 radical (unpaired) electrons. The SMILES string of the molecule is NCC1(CN2CCC(N3CCOCC3)C2)CCCC1. The zero-order chi connectivity index (χ0) is 13.1. The molecule has 1 aliphatic carbocycles. The molecule has 2 heterocycles. The Balaban J connectivity index is 1.51. The Bertz CT molecular complexity index is 285. The lowest BCUT2D eigenvalue weighted by Crippen LogP contribution is -2.46. The monoisotopic (exact) mass is 267 g/mol. The molecule has 0 aromatic rings. The molecule has 4 heteroatoms. The molecule has 1 atom stereocenters. The zero-order valence-corrected chi connectivity index (χ0v) is 12.1. The molecule has 2 aliphatic heterocycles. The van der Waals surface area contributed by atoms with Gasteiger partial charge in [-0.2, -0.15) is 0 Å². The highest BCUT2D eigenvalue weighted by atomic mass is 16.5. The van der Waals surface area contributed by atoms with Gasteiger partial charge in [0.25, 0.3) is 0 Å². The summed E-state index contributed by atoms with van der Waals surface area (Å²) in [7, 11) is 0. The molecular formula is C15H29N3O. The Hall–Kier alpha value is -0.160. The summed E-state index contributed by atoms with van der Waals surface area (Å²) in [5.74, 6) is 0. The van der Waals surface area contributed by atoms with Crippen molar-refractivity contribution in [2.24, 2.45) is 11.1 Å². The fraction of sp³-hybridized carbons (Fsp3) is 1.00. The average Bonchev–Trinajstić information content (AvgIpc) is 3.10. The second-order valence-corrected chi connectivity index (χ2v) is 6.74. The molecule has 2 N–H and O–H groups in total. The van der Waals surface area contributed by atoms with E-state index >= 15 is 0 Å². The number of hydrogen-bond donors (Lipinski definition) is 1. The van der Waals surface area contributed by atoms with E-state index in [1.807, 2.05) is 0 Å². The van der Waals surface area contributed by atoms with Crippen molar-refractivity contribution >= 4 is 0 Å². The predicted molar refractivity (Wildman–Crippen MR) is 77.2 cm³/mol. The van der Waals surface area contributed by atoms with E-state index in [9.17, 15) is 0 Å². The van der Waals surface area contributed by atoms with Crippen LogP contribution in [0.15, 0.2) is 0 Å². The van der Waals surface area contributed by atoms with Crippen molar-refractivity contribution in [3.63, 3.8) is 0 Å². The van der Waals surface area contributed by atoms with Gasteiger partial charge in [-0.3, -0.25) is 4.90 Å². The Morgan fingerprint density at radius 2 is 1.84 bits per heavy atom. The van der Waals surface area contributed by atoms with Crippen LogP contribution in [0.1, 0.15) is 32.1 Å². The van der Waals surface area contributed by atoms with Crippen LogP contribution < -0.4 is 5.73 Å². The summed E-state index contributed by atoms with van der Waals surface area (Å²) in [6.45, 7) is 8.73. The van der Waals surface area contributed by atoms with Crippen LogP contribution in [0.2, 0.25) is 0 Å². The molecule has 110 valence electrons. The first-order chi connectivity index (χ1) is 9.31. The summed E-state index contributed by atoms with van der Waals surface area (Å²) in [5, 5.41) is 0. The van der Waals surface area contributed by atoms with Gasteiger partial charge in [-0.1, -0.05) is 12.8 Å². The summed E-state index contributed by atoms with van der Waals surface area (Å²) in [6.07, 6.45) is 6.81. The van der Waals surface area contributed by atoms with Crippen LogP contribution in [0.25, 0.3) is 0 Å². The zero-order valence-electron chi connectivity index (χ0n) is 12.1. The lowest BCUT2D eigenvalue weighted by atomic mass is 9.86. The summed E-state index contributed by atoms with van der Waals surface area (Å²) >= 11 is 0. The molecule has 0 aromatic carbocycles. The second-order valence-electron chi connectivity index (χ2n) is 6.74. The van der Waals surface area contributed by atoms with Gasteiger partial charge < -0.3 is 15.4 Å². The standard InChI is InChI=1S/C15H29N3O/c16-12-15(4-1-2-5-15)13-17-6-3-14(11-17)18-7-9-19-10-8-18/h14H,1-13,16H2. The number of morpholine rings is 1. The largest absolute Gasteiger partial charge is 0.379 e. The Morgan fingerprint density at radius 1 is 1.11 bits per heavy atom. The van der Waals surface area contributed by atoms with Crippen LogP contribution in [0.5, 0.6) is 0 Å². The third-order valence-electron chi connectivity index (χ3n) is 5.47. The molecule has 0 amide bonds. The van der Waals surface area contributed by atoms with Gasteiger partial charge in [0.2, 0.25) is 0 Å². The number of rotatable bonds is 4. The summed E-state index contributed by atoms with van der Waals surface area (Å²) in [5.41, 5.74) is 6.52. The van der Waals surface area contributed by atoms with Gasteiger partial charge in [0.05, 0.1) is 13.2 Å². The molecule has 0 bridgehead atoms. The van der Waals surface area contributed by atoms with Crippen molar-refractivity contribution in [3.05, 3.63) is 0 Å². The molecule has 2 saturated heterocycles. The molecular weight excluding hydrogens is 238 g/mol. The third-order valence-corrected chi connectivity index (χ3v) is 5.47. The molecule has 0 aromatic heterocycles. The predicted octanol–water partition coefficient (Wildman–Crippen LogP) is 0.912. The topological polar surface area (TPSA) is 41.7 Å². The number of hydrogen-bond acceptors (Lipinski definition) is 4. The molecule has 19 heavy (non-hydrogen) atoms. The molecule has 3 fully saturated rings. The van der Waals surface area contributed by atoms with E-state index < -0.39 is 0 Å². The smallest absolute Gasteiger partial charge is 0.0594 e. The van der Waals surface area contributed by atoms with Gasteiger partial charge in [-0.15, -0.1) is 0 Å². The summed E-state index contributed by atoms with van der Waals surface area (Å²) < 4.78 is 5.46. The van der Waals surface area contributed by atoms with Crippen molar-refractivity contribution in [1.82, 2.24) is 9.80 Å². The lowest BCUT2D eigenvalue weighted by molar-refractivity contribution is 0.0176. The van der Waals surface area contributed by atoms with E-state index in [4.69, 9.17) is 10.5 Å². The van der Waals surface area contributed by atoms with E-state index in [-0.39, 0.29) is 0 Å². The van der Waals surface area contributed by atoms with E-state index in [0.717, 1.165) is 38.9 Å². The summed E-state index contributed by atoms with van der Waals surface area (Å²) in [6, 6.07) is 0.764. The van der Waals surface area contributed by atoms with E-state index in [1.54, 1.807) is 0 Å². The Morgan fingerprint density at radius 3 is 2.53 bits per heavy atom. The van der Waals surface area contributed by atoms with E-state index in [0.29, 0.717) is 5.41 Å². The van der Waals surface area contributed by atoms with Crippen molar-refractivity contribution in [3.8, 4) is 0 Å². The van der Waals surface area contributed by atoms with Gasteiger partial charge in [-0.25, -0.2) is 0 Å². The normalized spacial score (nSPS) is 33.0. The highest BCUT2D eigenvalue weighted by Gasteiger charge is 2.37. The fourth-order valence-corrected chi connectivity index (χ4v) is 4.22. The summed E-state index contributed by atoms with van der Waals surface area (Å²) in [4.78, 5) is 5.31. The van der Waals surface area contributed by atoms with E-state index in [1.165, 1.54) is 51.7 Å². The van der Waals surface area contributed by atoms with Gasteiger partial charge in [0, 0.05) is 32.2 Å². The highest BCUT2D eigenvalue weighted by Crippen LogP contribution is 2.38. The lowest BCUT2D eigenvalue weighted by Gasteiger charge is -2.34. The third kappa shape index (κ3) is 3.13. The molecule has 1 unspecified atom stereocenters. The minimum Gasteiger partial charge on any atom is -0.379 e. The number of ether oxygens (including phenoxy) is 1. The van der Waals surface area contributed by atoms with Gasteiger partial charge in [0.15, 0.2) is 0 Å². The maximum Gasteiger partial charge on any atom is 0.0594 e.